The van der Waals surface area contributed by atoms with Crippen molar-refractivity contribution in [3.05, 3.63) is 61.0 Å². The molecule has 1 aliphatic rings. The molecule has 0 aliphatic carbocycles. The van der Waals surface area contributed by atoms with Crippen LogP contribution in [0.15, 0.2) is 39.3 Å². The molecular weight excluding hydrogens is 453 g/mol. The molecular formula is C15H6Br2ClNO4. The number of imide groups is 1. The molecule has 0 fully saturated rings. The maximum Gasteiger partial charge on any atom is 0.339 e. The van der Waals surface area contributed by atoms with Crippen molar-refractivity contribution in [2.24, 2.45) is 0 Å². The lowest BCUT2D eigenvalue weighted by atomic mass is 10.1. The van der Waals surface area contributed by atoms with Crippen LogP contribution < -0.4 is 4.90 Å². The number of anilines is 1. The summed E-state index contributed by atoms with van der Waals surface area (Å²) in [7, 11) is 0. The first-order valence-electron chi connectivity index (χ1n) is 6.23. The topological polar surface area (TPSA) is 74.7 Å². The number of benzene rings is 2. The van der Waals surface area contributed by atoms with Crippen LogP contribution in [0.25, 0.3) is 0 Å². The number of hydrogen-bond acceptors (Lipinski definition) is 3. The number of carboxylic acids is 1. The van der Waals surface area contributed by atoms with Crippen molar-refractivity contribution in [3.63, 3.8) is 0 Å². The van der Waals surface area contributed by atoms with E-state index in [-0.39, 0.29) is 31.9 Å². The second-order valence-electron chi connectivity index (χ2n) is 4.67. The molecule has 3 rings (SSSR count). The number of carbonyl (C=O) groups is 3. The Morgan fingerprint density at radius 3 is 2.04 bits per heavy atom. The average molecular weight is 459 g/mol. The Bertz CT molecular complexity index is 862. The molecule has 1 N–H and O–H groups in total. The van der Waals surface area contributed by atoms with E-state index in [1.165, 1.54) is 18.2 Å². The van der Waals surface area contributed by atoms with Gasteiger partial charge in [0, 0.05) is 8.95 Å². The van der Waals surface area contributed by atoms with E-state index < -0.39 is 17.8 Å². The van der Waals surface area contributed by atoms with Crippen LogP contribution in [0.2, 0.25) is 5.02 Å². The number of nitrogens with zero attached hydrogens (tertiary/aromatic N) is 1. The van der Waals surface area contributed by atoms with Gasteiger partial charge in [-0.1, -0.05) is 23.7 Å². The number of halogens is 3. The highest BCUT2D eigenvalue weighted by molar-refractivity contribution is 9.11. The minimum atomic E-state index is -1.34. The molecule has 2 amide bonds. The predicted molar refractivity (Wildman–Crippen MR) is 91.4 cm³/mol. The zero-order chi connectivity index (χ0) is 16.9. The van der Waals surface area contributed by atoms with Gasteiger partial charge in [0.2, 0.25) is 0 Å². The Morgan fingerprint density at radius 2 is 1.57 bits per heavy atom. The molecule has 0 atom stereocenters. The maximum atomic E-state index is 12.6. The van der Waals surface area contributed by atoms with Crippen LogP contribution in [0.5, 0.6) is 0 Å². The van der Waals surface area contributed by atoms with Gasteiger partial charge in [0.05, 0.1) is 21.8 Å². The fourth-order valence-electron chi connectivity index (χ4n) is 2.39. The molecule has 0 spiro atoms. The first kappa shape index (κ1) is 16.2. The van der Waals surface area contributed by atoms with E-state index in [1.54, 1.807) is 12.1 Å². The van der Waals surface area contributed by atoms with Crippen molar-refractivity contribution in [2.75, 3.05) is 4.90 Å². The number of carbonyl (C=O) groups excluding carboxylic acids is 2. The van der Waals surface area contributed by atoms with Crippen molar-refractivity contribution in [1.29, 1.82) is 0 Å². The summed E-state index contributed by atoms with van der Waals surface area (Å²) >= 11 is 12.4. The molecule has 0 unspecified atom stereocenters. The normalized spacial score (nSPS) is 13.4. The lowest BCUT2D eigenvalue weighted by Crippen LogP contribution is -2.31. The van der Waals surface area contributed by atoms with Crippen LogP contribution in [0.4, 0.5) is 5.69 Å². The van der Waals surface area contributed by atoms with Crippen molar-refractivity contribution >= 4 is 66.9 Å². The molecule has 0 saturated carbocycles. The third-order valence-corrected chi connectivity index (χ3v) is 5.23. The highest BCUT2D eigenvalue weighted by atomic mass is 79.9. The van der Waals surface area contributed by atoms with Gasteiger partial charge in [-0.15, -0.1) is 0 Å². The fourth-order valence-corrected chi connectivity index (χ4v) is 3.96. The van der Waals surface area contributed by atoms with Crippen LogP contribution in [-0.4, -0.2) is 22.9 Å². The van der Waals surface area contributed by atoms with Crippen LogP contribution in [0, 0.1) is 0 Å². The van der Waals surface area contributed by atoms with Crippen molar-refractivity contribution in [2.45, 2.75) is 0 Å². The summed E-state index contributed by atoms with van der Waals surface area (Å²) in [5.74, 6) is -2.53. The average Bonchev–Trinajstić information content (AvgIpc) is 2.75. The summed E-state index contributed by atoms with van der Waals surface area (Å²) < 4.78 is 0.601. The van der Waals surface area contributed by atoms with Gasteiger partial charge in [-0.2, -0.15) is 0 Å². The fraction of sp³-hybridized carbons (Fsp3) is 0. The van der Waals surface area contributed by atoms with E-state index >= 15 is 0 Å². The number of amides is 2. The molecule has 0 radical (unpaired) electrons. The Hall–Kier alpha value is -1.70. The van der Waals surface area contributed by atoms with Crippen LogP contribution in [-0.2, 0) is 0 Å². The highest BCUT2D eigenvalue weighted by Gasteiger charge is 2.40. The molecule has 0 bridgehead atoms. The predicted octanol–water partition coefficient (Wildman–Crippen LogP) is 4.36. The van der Waals surface area contributed by atoms with Gasteiger partial charge in [-0.05, 0) is 50.1 Å². The quantitative estimate of drug-likeness (QED) is 0.535. The van der Waals surface area contributed by atoms with Crippen molar-refractivity contribution in [3.8, 4) is 0 Å². The Balaban J connectivity index is 2.29. The first-order valence-corrected chi connectivity index (χ1v) is 8.19. The second kappa shape index (κ2) is 5.74. The summed E-state index contributed by atoms with van der Waals surface area (Å²) in [6, 6.07) is 7.80. The molecule has 116 valence electrons. The molecule has 23 heavy (non-hydrogen) atoms. The van der Waals surface area contributed by atoms with E-state index in [0.29, 0.717) is 4.47 Å². The van der Waals surface area contributed by atoms with Crippen LogP contribution in [0.3, 0.4) is 0 Å². The zero-order valence-corrected chi connectivity index (χ0v) is 15.1. The van der Waals surface area contributed by atoms with E-state index in [0.717, 1.165) is 4.90 Å². The van der Waals surface area contributed by atoms with Crippen LogP contribution >= 0.6 is 43.5 Å². The number of fused-ring (bicyclic) bond motifs is 1. The number of carboxylic acid groups (broad SMARTS) is 1. The molecule has 8 heteroatoms. The number of rotatable bonds is 2. The summed E-state index contributed by atoms with van der Waals surface area (Å²) in [4.78, 5) is 37.6. The smallest absolute Gasteiger partial charge is 0.339 e. The Kier molecular flexibility index (Phi) is 4.03. The molecule has 0 aromatic heterocycles. The van der Waals surface area contributed by atoms with Crippen molar-refractivity contribution in [1.82, 2.24) is 0 Å². The maximum absolute atomic E-state index is 12.6. The molecule has 2 aromatic carbocycles. The molecule has 0 saturated heterocycles. The molecule has 2 aromatic rings. The van der Waals surface area contributed by atoms with Gasteiger partial charge >= 0.3 is 5.97 Å². The largest absolute Gasteiger partial charge is 0.478 e. The highest BCUT2D eigenvalue weighted by Crippen LogP contribution is 2.42. The summed E-state index contributed by atoms with van der Waals surface area (Å²) in [5.41, 5.74) is 0.0267. The minimum absolute atomic E-state index is 0.0862. The van der Waals surface area contributed by atoms with E-state index in [1.807, 2.05) is 0 Å². The van der Waals surface area contributed by atoms with Gasteiger partial charge in [0.25, 0.3) is 11.8 Å². The van der Waals surface area contributed by atoms with Gasteiger partial charge in [0.1, 0.15) is 5.56 Å². The molecule has 1 aliphatic heterocycles. The van der Waals surface area contributed by atoms with Gasteiger partial charge < -0.3 is 5.11 Å². The van der Waals surface area contributed by atoms with Gasteiger partial charge in [0.15, 0.2) is 0 Å². The third-order valence-electron chi connectivity index (χ3n) is 3.38. The third kappa shape index (κ3) is 2.39. The minimum Gasteiger partial charge on any atom is -0.478 e. The van der Waals surface area contributed by atoms with E-state index in [2.05, 4.69) is 31.9 Å². The molecule has 1 heterocycles. The van der Waals surface area contributed by atoms with Gasteiger partial charge in [-0.25, -0.2) is 9.69 Å². The summed E-state index contributed by atoms with van der Waals surface area (Å²) in [6.07, 6.45) is 0. The Morgan fingerprint density at radius 1 is 1.04 bits per heavy atom. The van der Waals surface area contributed by atoms with E-state index in [4.69, 9.17) is 11.6 Å². The van der Waals surface area contributed by atoms with Gasteiger partial charge in [-0.3, -0.25) is 9.59 Å². The monoisotopic (exact) mass is 457 g/mol. The Labute approximate surface area is 152 Å². The second-order valence-corrected chi connectivity index (χ2v) is 6.76. The van der Waals surface area contributed by atoms with Crippen LogP contribution in [0.1, 0.15) is 31.1 Å². The number of hydrogen-bond donors (Lipinski definition) is 1. The van der Waals surface area contributed by atoms with E-state index in [9.17, 15) is 19.5 Å². The summed E-state index contributed by atoms with van der Waals surface area (Å²) in [5, 5.41) is 9.38. The van der Waals surface area contributed by atoms with Crippen molar-refractivity contribution < 1.29 is 19.5 Å². The number of aromatic carboxylic acids is 1. The first-order chi connectivity index (χ1) is 10.8. The standard InChI is InChI=1S/C15H6Br2ClNO4/c16-8-5-9(17)12(10(11(8)18)15(22)23)19-13(20)6-3-1-2-4-7(6)14(19)21/h1-5H,(H,22,23). The molecule has 5 nitrogen and oxygen atoms in total. The SMILES string of the molecule is O=C(O)c1c(Cl)c(Br)cc(Br)c1N1C(=O)c2ccccc2C1=O. The summed E-state index contributed by atoms with van der Waals surface area (Å²) in [6.45, 7) is 0. The zero-order valence-electron chi connectivity index (χ0n) is 11.1. The lowest BCUT2D eigenvalue weighted by Gasteiger charge is -2.19. The lowest BCUT2D eigenvalue weighted by molar-refractivity contribution is 0.0698.